The molecule has 1 aromatic carbocycles. The average Bonchev–Trinajstić information content (AvgIpc) is 3.48. The summed E-state index contributed by atoms with van der Waals surface area (Å²) in [4.78, 5) is 32.8. The quantitative estimate of drug-likeness (QED) is 0.358. The highest BCUT2D eigenvalue weighted by Gasteiger charge is 2.42. The third kappa shape index (κ3) is 3.75. The van der Waals surface area contributed by atoms with Gasteiger partial charge in [-0.3, -0.25) is 13.9 Å². The number of halogens is 1. The van der Waals surface area contributed by atoms with Gasteiger partial charge in [-0.2, -0.15) is 4.39 Å². The summed E-state index contributed by atoms with van der Waals surface area (Å²) in [6.45, 7) is 1.42. The summed E-state index contributed by atoms with van der Waals surface area (Å²) in [5.74, 6) is -0.577. The van der Waals surface area contributed by atoms with Gasteiger partial charge in [0.05, 0.1) is 36.1 Å². The Morgan fingerprint density at radius 3 is 2.67 bits per heavy atom. The molecule has 12 nitrogen and oxygen atoms in total. The molecule has 33 heavy (non-hydrogen) atoms. The molecule has 4 unspecified atom stereocenters. The molecule has 13 heteroatoms. The third-order valence-electron chi connectivity index (χ3n) is 5.56. The molecule has 1 saturated heterocycles. The summed E-state index contributed by atoms with van der Waals surface area (Å²) in [6, 6.07) is 7.53. The standard InChI is InChI=1S/C20H20FN7O5/c1-10-16(29)17(30)19(33-10)28-8-12(21)18(31)27(20(28)32)7-11-6-26(25-24-11)9-15-22-13-4-2-3-5-14(13)23-15/h2-6,8,10,16-17,19,29-30H,7,9H2,1H3,(H,22,23). The molecule has 172 valence electrons. The summed E-state index contributed by atoms with van der Waals surface area (Å²) < 4.78 is 22.6. The topological polar surface area (TPSA) is 153 Å². The maximum Gasteiger partial charge on any atom is 0.333 e. The van der Waals surface area contributed by atoms with E-state index in [1.165, 1.54) is 17.8 Å². The van der Waals surface area contributed by atoms with Gasteiger partial charge in [-0.25, -0.2) is 14.5 Å². The Hall–Kier alpha value is -3.68. The fourth-order valence-corrected chi connectivity index (χ4v) is 3.85. The number of rotatable bonds is 5. The molecule has 3 N–H and O–H groups in total. The Balaban J connectivity index is 1.41. The van der Waals surface area contributed by atoms with E-state index >= 15 is 0 Å². The predicted octanol–water partition coefficient (Wildman–Crippen LogP) is -0.647. The molecule has 4 aromatic rings. The number of aromatic amines is 1. The van der Waals surface area contributed by atoms with Crippen LogP contribution in [0, 0.1) is 5.82 Å². The van der Waals surface area contributed by atoms with Crippen LogP contribution >= 0.6 is 0 Å². The zero-order valence-corrected chi connectivity index (χ0v) is 17.4. The number of H-pyrrole nitrogens is 1. The molecule has 0 spiro atoms. The zero-order chi connectivity index (χ0) is 23.3. The van der Waals surface area contributed by atoms with Crippen LogP contribution in [-0.2, 0) is 17.8 Å². The summed E-state index contributed by atoms with van der Waals surface area (Å²) >= 11 is 0. The van der Waals surface area contributed by atoms with E-state index in [0.29, 0.717) is 16.6 Å². The second kappa shape index (κ2) is 8.03. The van der Waals surface area contributed by atoms with Crippen molar-refractivity contribution >= 4 is 11.0 Å². The first-order valence-corrected chi connectivity index (χ1v) is 10.2. The first-order chi connectivity index (χ1) is 15.8. The number of imidazole rings is 1. The first-order valence-electron chi connectivity index (χ1n) is 10.2. The molecule has 4 atom stereocenters. The molecule has 0 aliphatic carbocycles. The van der Waals surface area contributed by atoms with Gasteiger partial charge in [-0.05, 0) is 19.1 Å². The maximum absolute atomic E-state index is 14.3. The molecule has 5 rings (SSSR count). The fraction of sp³-hybridized carbons (Fsp3) is 0.350. The third-order valence-corrected chi connectivity index (χ3v) is 5.56. The van der Waals surface area contributed by atoms with Gasteiger partial charge in [0, 0.05) is 0 Å². The van der Waals surface area contributed by atoms with E-state index in [1.807, 2.05) is 24.3 Å². The highest BCUT2D eigenvalue weighted by atomic mass is 19.1. The molecular weight excluding hydrogens is 437 g/mol. The molecule has 0 amide bonds. The minimum atomic E-state index is -1.47. The van der Waals surface area contributed by atoms with Crippen molar-refractivity contribution in [2.24, 2.45) is 0 Å². The average molecular weight is 457 g/mol. The lowest BCUT2D eigenvalue weighted by Gasteiger charge is -2.18. The van der Waals surface area contributed by atoms with E-state index in [4.69, 9.17) is 4.74 Å². The number of hydrogen-bond acceptors (Lipinski definition) is 8. The number of aliphatic hydroxyl groups excluding tert-OH is 2. The van der Waals surface area contributed by atoms with E-state index in [2.05, 4.69) is 20.3 Å². The second-order valence-electron chi connectivity index (χ2n) is 7.88. The number of ether oxygens (including phenoxy) is 1. The van der Waals surface area contributed by atoms with Crippen LogP contribution in [-0.4, -0.2) is 62.6 Å². The lowest BCUT2D eigenvalue weighted by Crippen LogP contribution is -2.44. The summed E-state index contributed by atoms with van der Waals surface area (Å²) in [7, 11) is 0. The van der Waals surface area contributed by atoms with Crippen LogP contribution in [0.25, 0.3) is 11.0 Å². The SMILES string of the molecule is CC1OC(n2cc(F)c(=O)n(Cc3cn(Cc4nc5ccccc5[nH]4)nn3)c2=O)C(O)C1O. The predicted molar refractivity (Wildman–Crippen MR) is 111 cm³/mol. The Labute approximate surface area is 184 Å². The summed E-state index contributed by atoms with van der Waals surface area (Å²) in [5, 5.41) is 28.0. The molecule has 3 aromatic heterocycles. The van der Waals surface area contributed by atoms with Crippen molar-refractivity contribution in [3.8, 4) is 0 Å². The van der Waals surface area contributed by atoms with Gasteiger partial charge in [0.25, 0.3) is 5.56 Å². The lowest BCUT2D eigenvalue weighted by molar-refractivity contribution is -0.0364. The van der Waals surface area contributed by atoms with Crippen LogP contribution in [0.1, 0.15) is 24.7 Å². The molecule has 0 saturated carbocycles. The number of hydrogen-bond donors (Lipinski definition) is 3. The molecular formula is C20H20FN7O5. The van der Waals surface area contributed by atoms with Crippen molar-refractivity contribution in [3.63, 3.8) is 0 Å². The first kappa shape index (κ1) is 21.2. The van der Waals surface area contributed by atoms with Crippen molar-refractivity contribution in [1.82, 2.24) is 34.1 Å². The van der Waals surface area contributed by atoms with Crippen LogP contribution in [0.15, 0.2) is 46.2 Å². The number of benzene rings is 1. The molecule has 0 bridgehead atoms. The summed E-state index contributed by atoms with van der Waals surface area (Å²) in [5.41, 5.74) is -0.155. The normalized spacial score (nSPS) is 22.9. The van der Waals surface area contributed by atoms with Crippen molar-refractivity contribution in [3.05, 3.63) is 74.8 Å². The molecule has 0 radical (unpaired) electrons. The molecule has 4 heterocycles. The maximum atomic E-state index is 14.3. The monoisotopic (exact) mass is 457 g/mol. The van der Waals surface area contributed by atoms with Crippen LogP contribution < -0.4 is 11.2 Å². The van der Waals surface area contributed by atoms with Gasteiger partial charge < -0.3 is 19.9 Å². The van der Waals surface area contributed by atoms with Crippen LogP contribution in [0.5, 0.6) is 0 Å². The smallest absolute Gasteiger partial charge is 0.333 e. The van der Waals surface area contributed by atoms with Crippen molar-refractivity contribution in [2.75, 3.05) is 0 Å². The van der Waals surface area contributed by atoms with Gasteiger partial charge >= 0.3 is 5.69 Å². The fourth-order valence-electron chi connectivity index (χ4n) is 3.85. The van der Waals surface area contributed by atoms with Crippen molar-refractivity contribution in [1.29, 1.82) is 0 Å². The number of aromatic nitrogens is 7. The minimum Gasteiger partial charge on any atom is -0.388 e. The zero-order valence-electron chi connectivity index (χ0n) is 17.4. The highest BCUT2D eigenvalue weighted by molar-refractivity contribution is 5.74. The van der Waals surface area contributed by atoms with Crippen molar-refractivity contribution in [2.45, 2.75) is 44.6 Å². The molecule has 1 aliphatic heterocycles. The number of nitrogens with zero attached hydrogens (tertiary/aromatic N) is 6. The van der Waals surface area contributed by atoms with E-state index in [1.54, 1.807) is 0 Å². The van der Waals surface area contributed by atoms with E-state index in [-0.39, 0.29) is 18.8 Å². The Kier molecular flexibility index (Phi) is 5.15. The summed E-state index contributed by atoms with van der Waals surface area (Å²) in [6.07, 6.45) is -2.67. The number of fused-ring (bicyclic) bond motifs is 1. The van der Waals surface area contributed by atoms with Crippen LogP contribution in [0.4, 0.5) is 4.39 Å². The number of nitrogens with one attached hydrogen (secondary N) is 1. The van der Waals surface area contributed by atoms with E-state index in [9.17, 15) is 24.2 Å². The van der Waals surface area contributed by atoms with Crippen LogP contribution in [0.3, 0.4) is 0 Å². The van der Waals surface area contributed by atoms with Crippen molar-refractivity contribution < 1.29 is 19.3 Å². The number of para-hydroxylation sites is 2. The van der Waals surface area contributed by atoms with Gasteiger partial charge in [-0.1, -0.05) is 17.3 Å². The Morgan fingerprint density at radius 1 is 1.15 bits per heavy atom. The Bertz CT molecular complexity index is 1410. The largest absolute Gasteiger partial charge is 0.388 e. The van der Waals surface area contributed by atoms with Crippen LogP contribution in [0.2, 0.25) is 0 Å². The van der Waals surface area contributed by atoms with Gasteiger partial charge in [-0.15, -0.1) is 5.10 Å². The molecule has 1 aliphatic rings. The van der Waals surface area contributed by atoms with E-state index < -0.39 is 41.6 Å². The minimum absolute atomic E-state index is 0.240. The lowest BCUT2D eigenvalue weighted by atomic mass is 10.1. The van der Waals surface area contributed by atoms with E-state index in [0.717, 1.165) is 15.6 Å². The molecule has 1 fully saturated rings. The van der Waals surface area contributed by atoms with Gasteiger partial charge in [0.2, 0.25) is 5.82 Å². The van der Waals surface area contributed by atoms with Gasteiger partial charge in [0.1, 0.15) is 30.3 Å². The Morgan fingerprint density at radius 2 is 1.94 bits per heavy atom. The highest BCUT2D eigenvalue weighted by Crippen LogP contribution is 2.27. The second-order valence-corrected chi connectivity index (χ2v) is 7.88. The van der Waals surface area contributed by atoms with Gasteiger partial charge in [0.15, 0.2) is 6.23 Å². The number of aliphatic hydroxyl groups is 2.